The Morgan fingerprint density at radius 1 is 1.06 bits per heavy atom. The van der Waals surface area contributed by atoms with Gasteiger partial charge in [0.15, 0.2) is 8.32 Å². The van der Waals surface area contributed by atoms with Crippen LogP contribution < -0.4 is 0 Å². The van der Waals surface area contributed by atoms with E-state index >= 15 is 0 Å². The summed E-state index contributed by atoms with van der Waals surface area (Å²) in [5, 5.41) is 0.296. The van der Waals surface area contributed by atoms with Crippen LogP contribution in [-0.4, -0.2) is 14.4 Å². The molecule has 0 bridgehead atoms. The molecule has 4 aliphatic carbocycles. The molecule has 2 heteroatoms. The molecule has 3 saturated carbocycles. The number of fused-ring (bicyclic) bond motifs is 5. The molecule has 4 aliphatic rings. The second-order valence-corrected chi connectivity index (χ2v) is 20.0. The van der Waals surface area contributed by atoms with Crippen molar-refractivity contribution in [3.05, 3.63) is 35.5 Å². The van der Waals surface area contributed by atoms with E-state index in [1.807, 2.05) is 0 Å². The maximum absolute atomic E-state index is 6.93. The number of hydrogen-bond donors (Lipinski definition) is 0. The molecule has 1 nitrogen and oxygen atoms in total. The smallest absolute Gasteiger partial charge is 0.192 e. The highest BCUT2D eigenvalue weighted by molar-refractivity contribution is 6.74. The molecule has 198 valence electrons. The zero-order chi connectivity index (χ0) is 25.8. The Labute approximate surface area is 219 Å². The predicted molar refractivity (Wildman–Crippen MR) is 155 cm³/mol. The average Bonchev–Trinajstić information content (AvgIpc) is 3.10. The fourth-order valence-corrected chi connectivity index (χ4v) is 10.2. The minimum absolute atomic E-state index is 0.296. The van der Waals surface area contributed by atoms with Crippen LogP contribution in [0.4, 0.5) is 0 Å². The Hall–Kier alpha value is -0.603. The minimum atomic E-state index is -1.71. The maximum atomic E-state index is 6.93. The van der Waals surface area contributed by atoms with Crippen molar-refractivity contribution in [2.75, 3.05) is 0 Å². The van der Waals surface area contributed by atoms with Gasteiger partial charge in [0.25, 0.3) is 0 Å². The Morgan fingerprint density at radius 2 is 1.77 bits per heavy atom. The molecular weight excluding hydrogens is 440 g/mol. The van der Waals surface area contributed by atoms with E-state index in [2.05, 4.69) is 92.8 Å². The van der Waals surface area contributed by atoms with Gasteiger partial charge in [-0.25, -0.2) is 0 Å². The Morgan fingerprint density at radius 3 is 2.43 bits per heavy atom. The molecule has 0 radical (unpaired) electrons. The van der Waals surface area contributed by atoms with Gasteiger partial charge >= 0.3 is 0 Å². The summed E-state index contributed by atoms with van der Waals surface area (Å²) in [6.07, 6.45) is 21.2. The van der Waals surface area contributed by atoms with Crippen LogP contribution in [0.1, 0.15) is 107 Å². The molecule has 8 atom stereocenters. The topological polar surface area (TPSA) is 9.23 Å². The van der Waals surface area contributed by atoms with Gasteiger partial charge in [-0.3, -0.25) is 0 Å². The standard InChI is InChI=1S/C33H56OSi/c1-23(2)12-11-13-24(3)28-16-17-29-27-15-14-25-22-26(34-35(9,10)31(4,5)6)18-20-32(25,7)30(27)19-21-33(28,29)8/h11-14,24,26-30H,15-22H2,1-10H3/b13-11-/t24-,26+,27+,28-,29+,30+,32+,33-/m1/s1. The van der Waals surface area contributed by atoms with Crippen LogP contribution in [0.25, 0.3) is 0 Å². The van der Waals surface area contributed by atoms with Crippen molar-refractivity contribution in [2.45, 2.75) is 131 Å². The molecule has 0 aromatic heterocycles. The minimum Gasteiger partial charge on any atom is -0.414 e. The van der Waals surface area contributed by atoms with Gasteiger partial charge in [0, 0.05) is 6.10 Å². The van der Waals surface area contributed by atoms with E-state index in [-0.39, 0.29) is 0 Å². The van der Waals surface area contributed by atoms with E-state index in [4.69, 9.17) is 4.43 Å². The highest BCUT2D eigenvalue weighted by Crippen LogP contribution is 2.67. The van der Waals surface area contributed by atoms with Gasteiger partial charge < -0.3 is 4.43 Å². The zero-order valence-corrected chi connectivity index (χ0v) is 25.8. The summed E-state index contributed by atoms with van der Waals surface area (Å²) in [5.74, 6) is 4.25. The summed E-state index contributed by atoms with van der Waals surface area (Å²) in [4.78, 5) is 0. The number of allylic oxidation sites excluding steroid dienone is 5. The van der Waals surface area contributed by atoms with E-state index in [0.29, 0.717) is 27.9 Å². The summed E-state index contributed by atoms with van der Waals surface area (Å²) in [7, 11) is -1.71. The second kappa shape index (κ2) is 9.61. The molecule has 0 aromatic carbocycles. The lowest BCUT2D eigenvalue weighted by atomic mass is 9.47. The van der Waals surface area contributed by atoms with Crippen LogP contribution in [0.2, 0.25) is 18.1 Å². The van der Waals surface area contributed by atoms with Crippen molar-refractivity contribution < 1.29 is 4.43 Å². The Balaban J connectivity index is 1.49. The molecular formula is C33H56OSi. The normalized spacial score (nSPS) is 40.5. The van der Waals surface area contributed by atoms with E-state index in [0.717, 1.165) is 23.7 Å². The first-order valence-corrected chi connectivity index (χ1v) is 17.8. The first-order valence-electron chi connectivity index (χ1n) is 14.9. The molecule has 0 aromatic rings. The lowest BCUT2D eigenvalue weighted by molar-refractivity contribution is -0.0532. The third-order valence-corrected chi connectivity index (χ3v) is 16.4. The summed E-state index contributed by atoms with van der Waals surface area (Å²) in [6.45, 7) is 24.2. The van der Waals surface area contributed by atoms with Crippen molar-refractivity contribution in [2.24, 2.45) is 40.4 Å². The fourth-order valence-electron chi connectivity index (χ4n) is 8.78. The monoisotopic (exact) mass is 496 g/mol. The van der Waals surface area contributed by atoms with Crippen LogP contribution in [0.5, 0.6) is 0 Å². The van der Waals surface area contributed by atoms with Crippen LogP contribution in [0.15, 0.2) is 35.5 Å². The van der Waals surface area contributed by atoms with Crippen molar-refractivity contribution >= 4 is 8.32 Å². The summed E-state index contributed by atoms with van der Waals surface area (Å²) >= 11 is 0. The second-order valence-electron chi connectivity index (χ2n) is 15.2. The molecule has 0 heterocycles. The first-order chi connectivity index (χ1) is 16.2. The van der Waals surface area contributed by atoms with Gasteiger partial charge in [-0.05, 0) is 124 Å². The zero-order valence-electron chi connectivity index (χ0n) is 24.8. The van der Waals surface area contributed by atoms with Crippen LogP contribution in [0.3, 0.4) is 0 Å². The Kier molecular flexibility index (Phi) is 7.53. The molecule has 0 spiro atoms. The van der Waals surface area contributed by atoms with Gasteiger partial charge in [-0.1, -0.05) is 77.0 Å². The SMILES string of the molecule is CC(C)=C/C=C\[C@@H](C)[C@H]1CC[C@H]2[C@@H]3CC=C4C[C@@H](O[Si](C)(C)C(C)(C)C)CC[C@]4(C)[C@H]3CC[C@]12C. The third-order valence-electron chi connectivity index (χ3n) is 11.9. The van der Waals surface area contributed by atoms with Crippen LogP contribution in [0, 0.1) is 40.4 Å². The molecule has 35 heavy (non-hydrogen) atoms. The highest BCUT2D eigenvalue weighted by Gasteiger charge is 2.59. The van der Waals surface area contributed by atoms with E-state index in [9.17, 15) is 0 Å². The van der Waals surface area contributed by atoms with E-state index in [1.165, 1.54) is 56.9 Å². The largest absolute Gasteiger partial charge is 0.414 e. The summed E-state index contributed by atoms with van der Waals surface area (Å²) in [6, 6.07) is 0. The molecule has 0 aliphatic heterocycles. The van der Waals surface area contributed by atoms with Crippen LogP contribution >= 0.6 is 0 Å². The molecule has 4 rings (SSSR count). The number of hydrogen-bond acceptors (Lipinski definition) is 1. The lowest BCUT2D eigenvalue weighted by Gasteiger charge is -2.59. The maximum Gasteiger partial charge on any atom is 0.192 e. The first kappa shape index (κ1) is 27.4. The van der Waals surface area contributed by atoms with Crippen molar-refractivity contribution in [1.82, 2.24) is 0 Å². The molecule has 0 saturated heterocycles. The lowest BCUT2D eigenvalue weighted by Crippen LogP contribution is -2.52. The third kappa shape index (κ3) is 4.97. The predicted octanol–water partition coefficient (Wildman–Crippen LogP) is 10.1. The van der Waals surface area contributed by atoms with Gasteiger partial charge in [0.05, 0.1) is 0 Å². The Bertz CT molecular complexity index is 868. The van der Waals surface area contributed by atoms with E-state index < -0.39 is 8.32 Å². The fraction of sp³-hybridized carbons (Fsp3) is 0.818. The quantitative estimate of drug-likeness (QED) is 0.209. The highest BCUT2D eigenvalue weighted by atomic mass is 28.4. The average molecular weight is 497 g/mol. The summed E-state index contributed by atoms with van der Waals surface area (Å²) < 4.78 is 6.93. The van der Waals surface area contributed by atoms with Gasteiger partial charge in [0.2, 0.25) is 0 Å². The molecule has 0 unspecified atom stereocenters. The van der Waals surface area contributed by atoms with Gasteiger partial charge in [0.1, 0.15) is 0 Å². The van der Waals surface area contributed by atoms with Crippen molar-refractivity contribution in [1.29, 1.82) is 0 Å². The summed E-state index contributed by atoms with van der Waals surface area (Å²) in [5.41, 5.74) is 4.11. The van der Waals surface area contributed by atoms with E-state index in [1.54, 1.807) is 5.57 Å². The molecule has 0 N–H and O–H groups in total. The van der Waals surface area contributed by atoms with Crippen molar-refractivity contribution in [3.8, 4) is 0 Å². The van der Waals surface area contributed by atoms with Gasteiger partial charge in [-0.15, -0.1) is 0 Å². The van der Waals surface area contributed by atoms with Crippen LogP contribution in [-0.2, 0) is 4.43 Å². The molecule has 0 amide bonds. The molecule has 3 fully saturated rings. The number of rotatable bonds is 5. The van der Waals surface area contributed by atoms with Crippen molar-refractivity contribution in [3.63, 3.8) is 0 Å². The van der Waals surface area contributed by atoms with Gasteiger partial charge in [-0.2, -0.15) is 0 Å².